The minimum atomic E-state index is 0.476. The molecule has 16 heavy (non-hydrogen) atoms. The molecule has 3 nitrogen and oxygen atoms in total. The minimum Gasteiger partial charge on any atom is -0.378 e. The van der Waals surface area contributed by atoms with Crippen molar-refractivity contribution in [1.29, 1.82) is 0 Å². The fourth-order valence-corrected chi connectivity index (χ4v) is 2.90. The van der Waals surface area contributed by atoms with E-state index in [-0.39, 0.29) is 0 Å². The van der Waals surface area contributed by atoms with Gasteiger partial charge < -0.3 is 10.1 Å². The maximum atomic E-state index is 5.84. The van der Waals surface area contributed by atoms with E-state index in [2.05, 4.69) is 31.0 Å². The monoisotopic (exact) mass is 226 g/mol. The number of piperazine rings is 1. The van der Waals surface area contributed by atoms with E-state index in [0.29, 0.717) is 18.1 Å². The first kappa shape index (κ1) is 12.3. The molecular formula is C13H26N2O. The Kier molecular flexibility index (Phi) is 4.22. The largest absolute Gasteiger partial charge is 0.378 e. The summed E-state index contributed by atoms with van der Waals surface area (Å²) in [5, 5.41) is 3.51. The SMILES string of the molecule is CC1CN(C2CCOC(C(C)C)C2)CCN1. The molecule has 0 amide bonds. The van der Waals surface area contributed by atoms with E-state index in [1.165, 1.54) is 25.9 Å². The maximum Gasteiger partial charge on any atom is 0.0612 e. The average molecular weight is 226 g/mol. The molecule has 0 aromatic rings. The van der Waals surface area contributed by atoms with Gasteiger partial charge in [-0.3, -0.25) is 4.90 Å². The number of hydrogen-bond acceptors (Lipinski definition) is 3. The molecular weight excluding hydrogens is 200 g/mol. The summed E-state index contributed by atoms with van der Waals surface area (Å²) in [6.07, 6.45) is 2.92. The van der Waals surface area contributed by atoms with Crippen LogP contribution in [0.4, 0.5) is 0 Å². The summed E-state index contributed by atoms with van der Waals surface area (Å²) in [4.78, 5) is 2.67. The first-order valence-corrected chi connectivity index (χ1v) is 6.76. The van der Waals surface area contributed by atoms with Crippen molar-refractivity contribution < 1.29 is 4.74 Å². The number of nitrogens with one attached hydrogen (secondary N) is 1. The Morgan fingerprint density at radius 1 is 1.38 bits per heavy atom. The normalized spacial score (nSPS) is 37.9. The molecule has 3 heteroatoms. The van der Waals surface area contributed by atoms with Gasteiger partial charge in [-0.2, -0.15) is 0 Å². The Hall–Kier alpha value is -0.120. The molecule has 0 saturated carbocycles. The first-order chi connectivity index (χ1) is 7.66. The minimum absolute atomic E-state index is 0.476. The quantitative estimate of drug-likeness (QED) is 0.772. The molecule has 0 radical (unpaired) electrons. The summed E-state index contributed by atoms with van der Waals surface area (Å²) in [5.74, 6) is 0.656. The molecule has 2 aliphatic heterocycles. The second-order valence-corrected chi connectivity index (χ2v) is 5.68. The third-order valence-electron chi connectivity index (χ3n) is 3.95. The summed E-state index contributed by atoms with van der Waals surface area (Å²) in [5.41, 5.74) is 0. The Labute approximate surface area is 99.5 Å². The average Bonchev–Trinajstić information content (AvgIpc) is 2.29. The van der Waals surface area contributed by atoms with Gasteiger partial charge in [0.15, 0.2) is 0 Å². The molecule has 2 aliphatic rings. The second-order valence-electron chi connectivity index (χ2n) is 5.68. The summed E-state index contributed by atoms with van der Waals surface area (Å²) in [7, 11) is 0. The van der Waals surface area contributed by atoms with Crippen molar-refractivity contribution in [3.05, 3.63) is 0 Å². The van der Waals surface area contributed by atoms with E-state index in [9.17, 15) is 0 Å². The fourth-order valence-electron chi connectivity index (χ4n) is 2.90. The van der Waals surface area contributed by atoms with Crippen LogP contribution in [0.3, 0.4) is 0 Å². The van der Waals surface area contributed by atoms with Crippen LogP contribution >= 0.6 is 0 Å². The first-order valence-electron chi connectivity index (χ1n) is 6.76. The summed E-state index contributed by atoms with van der Waals surface area (Å²) in [6.45, 7) is 11.3. The zero-order chi connectivity index (χ0) is 11.5. The van der Waals surface area contributed by atoms with E-state index in [1.807, 2.05) is 0 Å². The van der Waals surface area contributed by atoms with E-state index >= 15 is 0 Å². The van der Waals surface area contributed by atoms with Gasteiger partial charge in [0.05, 0.1) is 6.10 Å². The van der Waals surface area contributed by atoms with Crippen LogP contribution in [0.2, 0.25) is 0 Å². The van der Waals surface area contributed by atoms with Crippen LogP contribution in [0.25, 0.3) is 0 Å². The van der Waals surface area contributed by atoms with E-state index in [1.54, 1.807) is 0 Å². The molecule has 94 valence electrons. The molecule has 3 unspecified atom stereocenters. The smallest absolute Gasteiger partial charge is 0.0612 e. The molecule has 3 atom stereocenters. The highest BCUT2D eigenvalue weighted by molar-refractivity contribution is 4.85. The molecule has 2 heterocycles. The third kappa shape index (κ3) is 2.96. The Morgan fingerprint density at radius 2 is 2.19 bits per heavy atom. The van der Waals surface area contributed by atoms with Gasteiger partial charge in [0.25, 0.3) is 0 Å². The molecule has 0 bridgehead atoms. The van der Waals surface area contributed by atoms with Crippen molar-refractivity contribution >= 4 is 0 Å². The Morgan fingerprint density at radius 3 is 2.88 bits per heavy atom. The Balaban J connectivity index is 1.88. The van der Waals surface area contributed by atoms with Crippen LogP contribution in [0.5, 0.6) is 0 Å². The van der Waals surface area contributed by atoms with Gasteiger partial charge in [0.2, 0.25) is 0 Å². The molecule has 2 saturated heterocycles. The lowest BCUT2D eigenvalue weighted by Gasteiger charge is -2.42. The number of rotatable bonds is 2. The lowest BCUT2D eigenvalue weighted by molar-refractivity contribution is -0.0520. The van der Waals surface area contributed by atoms with Crippen LogP contribution in [0.15, 0.2) is 0 Å². The van der Waals surface area contributed by atoms with E-state index in [4.69, 9.17) is 4.74 Å². The molecule has 2 fully saturated rings. The van der Waals surface area contributed by atoms with Crippen molar-refractivity contribution in [2.24, 2.45) is 5.92 Å². The molecule has 0 aromatic heterocycles. The van der Waals surface area contributed by atoms with E-state index in [0.717, 1.165) is 19.2 Å². The van der Waals surface area contributed by atoms with Crippen LogP contribution in [0, 0.1) is 5.92 Å². The van der Waals surface area contributed by atoms with Gasteiger partial charge in [-0.05, 0) is 25.7 Å². The van der Waals surface area contributed by atoms with Gasteiger partial charge in [0.1, 0.15) is 0 Å². The van der Waals surface area contributed by atoms with Crippen molar-refractivity contribution in [1.82, 2.24) is 10.2 Å². The highest BCUT2D eigenvalue weighted by atomic mass is 16.5. The van der Waals surface area contributed by atoms with Gasteiger partial charge in [0, 0.05) is 38.3 Å². The number of hydrogen-bond donors (Lipinski definition) is 1. The fraction of sp³-hybridized carbons (Fsp3) is 1.00. The zero-order valence-electron chi connectivity index (χ0n) is 10.9. The topological polar surface area (TPSA) is 24.5 Å². The number of nitrogens with zero attached hydrogens (tertiary/aromatic N) is 1. The van der Waals surface area contributed by atoms with Crippen molar-refractivity contribution in [3.8, 4) is 0 Å². The van der Waals surface area contributed by atoms with Crippen molar-refractivity contribution in [2.45, 2.75) is 51.8 Å². The maximum absolute atomic E-state index is 5.84. The predicted molar refractivity (Wildman–Crippen MR) is 66.6 cm³/mol. The molecule has 0 spiro atoms. The van der Waals surface area contributed by atoms with Gasteiger partial charge >= 0.3 is 0 Å². The highest BCUT2D eigenvalue weighted by Crippen LogP contribution is 2.24. The van der Waals surface area contributed by atoms with Crippen molar-refractivity contribution in [3.63, 3.8) is 0 Å². The summed E-state index contributed by atoms with van der Waals surface area (Å²) in [6, 6.07) is 1.40. The van der Waals surface area contributed by atoms with E-state index < -0.39 is 0 Å². The number of ether oxygens (including phenoxy) is 1. The molecule has 2 rings (SSSR count). The lowest BCUT2D eigenvalue weighted by Crippen LogP contribution is -2.55. The van der Waals surface area contributed by atoms with Gasteiger partial charge in [-0.25, -0.2) is 0 Å². The second kappa shape index (κ2) is 5.48. The summed E-state index contributed by atoms with van der Waals surface area (Å²) < 4.78 is 5.84. The lowest BCUT2D eigenvalue weighted by atomic mass is 9.93. The van der Waals surface area contributed by atoms with Crippen molar-refractivity contribution in [2.75, 3.05) is 26.2 Å². The third-order valence-corrected chi connectivity index (χ3v) is 3.95. The zero-order valence-corrected chi connectivity index (χ0v) is 10.9. The molecule has 0 aliphatic carbocycles. The molecule has 0 aromatic carbocycles. The summed E-state index contributed by atoms with van der Waals surface area (Å²) >= 11 is 0. The van der Waals surface area contributed by atoms with Crippen LogP contribution in [-0.2, 0) is 4.74 Å². The van der Waals surface area contributed by atoms with Crippen LogP contribution in [0.1, 0.15) is 33.6 Å². The molecule has 1 N–H and O–H groups in total. The predicted octanol–water partition coefficient (Wildman–Crippen LogP) is 1.48. The Bertz CT molecular complexity index is 220. The van der Waals surface area contributed by atoms with Crippen LogP contribution in [-0.4, -0.2) is 49.3 Å². The van der Waals surface area contributed by atoms with Gasteiger partial charge in [-0.15, -0.1) is 0 Å². The van der Waals surface area contributed by atoms with Crippen LogP contribution < -0.4 is 5.32 Å². The standard InChI is InChI=1S/C13H26N2O/c1-10(2)13-8-12(4-7-16-13)15-6-5-14-11(3)9-15/h10-14H,4-9H2,1-3H3. The van der Waals surface area contributed by atoms with Gasteiger partial charge in [-0.1, -0.05) is 13.8 Å². The highest BCUT2D eigenvalue weighted by Gasteiger charge is 2.30.